The van der Waals surface area contributed by atoms with Gasteiger partial charge in [0.15, 0.2) is 0 Å². The van der Waals surface area contributed by atoms with Gasteiger partial charge < -0.3 is 19.7 Å². The number of phenols is 2. The van der Waals surface area contributed by atoms with Crippen LogP contribution in [-0.2, 0) is 4.79 Å². The van der Waals surface area contributed by atoms with E-state index in [4.69, 9.17) is 9.47 Å². The van der Waals surface area contributed by atoms with Crippen molar-refractivity contribution < 1.29 is 24.5 Å². The molecular formula is C28H24O5. The highest BCUT2D eigenvalue weighted by Crippen LogP contribution is 2.28. The Bertz CT molecular complexity index is 1320. The van der Waals surface area contributed by atoms with Crippen LogP contribution in [0.3, 0.4) is 0 Å². The van der Waals surface area contributed by atoms with Gasteiger partial charge in [-0.25, -0.2) is 0 Å². The topological polar surface area (TPSA) is 76.0 Å². The summed E-state index contributed by atoms with van der Waals surface area (Å²) < 4.78 is 10.8. The maximum atomic E-state index is 12.8. The van der Waals surface area contributed by atoms with Crippen LogP contribution in [0.15, 0.2) is 78.9 Å². The fourth-order valence-electron chi connectivity index (χ4n) is 3.52. The molecule has 5 nitrogen and oxygen atoms in total. The summed E-state index contributed by atoms with van der Waals surface area (Å²) in [6.45, 7) is 1.79. The second-order valence-electron chi connectivity index (χ2n) is 7.80. The first kappa shape index (κ1) is 22.0. The first-order chi connectivity index (χ1) is 15.9. The molecule has 0 fully saturated rings. The number of benzene rings is 4. The van der Waals surface area contributed by atoms with Gasteiger partial charge in [-0.15, -0.1) is 0 Å². The van der Waals surface area contributed by atoms with E-state index in [0.717, 1.165) is 27.6 Å². The van der Waals surface area contributed by atoms with Crippen molar-refractivity contribution in [1.82, 2.24) is 0 Å². The summed E-state index contributed by atoms with van der Waals surface area (Å²) in [5.74, 6) is 0.332. The van der Waals surface area contributed by atoms with Gasteiger partial charge in [0.05, 0.1) is 13.0 Å². The lowest BCUT2D eigenvalue weighted by Gasteiger charge is -2.13. The van der Waals surface area contributed by atoms with Crippen molar-refractivity contribution >= 4 is 28.9 Å². The van der Waals surface area contributed by atoms with E-state index in [-0.39, 0.29) is 17.2 Å². The van der Waals surface area contributed by atoms with E-state index in [0.29, 0.717) is 5.56 Å². The van der Waals surface area contributed by atoms with Crippen LogP contribution in [0.4, 0.5) is 0 Å². The number of rotatable bonds is 6. The monoisotopic (exact) mass is 440 g/mol. The van der Waals surface area contributed by atoms with Gasteiger partial charge in [-0.2, -0.15) is 0 Å². The molecule has 0 spiro atoms. The van der Waals surface area contributed by atoms with Crippen molar-refractivity contribution in [3.8, 4) is 23.0 Å². The quantitative estimate of drug-likeness (QED) is 0.214. The lowest BCUT2D eigenvalue weighted by Crippen LogP contribution is -2.16. The minimum atomic E-state index is -0.491. The van der Waals surface area contributed by atoms with E-state index in [1.54, 1.807) is 56.5 Å². The third kappa shape index (κ3) is 5.33. The summed E-state index contributed by atoms with van der Waals surface area (Å²) in [4.78, 5) is 12.8. The molecule has 0 bridgehead atoms. The molecule has 0 aliphatic rings. The number of methoxy groups -OCH3 is 1. The summed E-state index contributed by atoms with van der Waals surface area (Å²) in [6, 6.07) is 23.0. The summed E-state index contributed by atoms with van der Waals surface area (Å²) in [5, 5.41) is 21.5. The summed E-state index contributed by atoms with van der Waals surface area (Å²) >= 11 is 0. The summed E-state index contributed by atoms with van der Waals surface area (Å²) in [5.41, 5.74) is 2.40. The predicted octanol–water partition coefficient (Wildman–Crippen LogP) is 6.14. The van der Waals surface area contributed by atoms with E-state index >= 15 is 0 Å². The zero-order valence-corrected chi connectivity index (χ0v) is 18.4. The van der Waals surface area contributed by atoms with Crippen LogP contribution >= 0.6 is 0 Å². The van der Waals surface area contributed by atoms with Crippen LogP contribution in [0, 0.1) is 0 Å². The minimum absolute atomic E-state index is 0.00189. The highest BCUT2D eigenvalue weighted by Gasteiger charge is 2.18. The maximum Gasteiger partial charge on any atom is 0.318 e. The van der Waals surface area contributed by atoms with E-state index in [1.165, 1.54) is 6.07 Å². The number of ether oxygens (including phenoxy) is 2. The van der Waals surface area contributed by atoms with Crippen molar-refractivity contribution in [2.45, 2.75) is 12.8 Å². The number of esters is 1. The van der Waals surface area contributed by atoms with Gasteiger partial charge in [0.1, 0.15) is 23.0 Å². The number of hydrogen-bond acceptors (Lipinski definition) is 5. The van der Waals surface area contributed by atoms with Crippen molar-refractivity contribution in [1.29, 1.82) is 0 Å². The molecule has 4 aromatic carbocycles. The first-order valence-electron chi connectivity index (χ1n) is 10.5. The van der Waals surface area contributed by atoms with E-state index in [9.17, 15) is 15.0 Å². The van der Waals surface area contributed by atoms with Crippen LogP contribution in [0.1, 0.15) is 29.5 Å². The molecular weight excluding hydrogens is 416 g/mol. The van der Waals surface area contributed by atoms with Crippen LogP contribution in [0.25, 0.3) is 22.9 Å². The highest BCUT2D eigenvalue weighted by atomic mass is 16.5. The van der Waals surface area contributed by atoms with Crippen molar-refractivity contribution in [3.63, 3.8) is 0 Å². The van der Waals surface area contributed by atoms with Crippen LogP contribution < -0.4 is 9.47 Å². The Morgan fingerprint density at radius 2 is 1.45 bits per heavy atom. The van der Waals surface area contributed by atoms with E-state index in [2.05, 4.69) is 0 Å². The summed E-state index contributed by atoms with van der Waals surface area (Å²) in [6.07, 6.45) is 3.64. The molecule has 0 amide bonds. The van der Waals surface area contributed by atoms with Crippen molar-refractivity contribution in [2.75, 3.05) is 7.11 Å². The van der Waals surface area contributed by atoms with Gasteiger partial charge >= 0.3 is 5.97 Å². The Morgan fingerprint density at radius 3 is 2.21 bits per heavy atom. The average Bonchev–Trinajstić information content (AvgIpc) is 2.82. The zero-order chi connectivity index (χ0) is 23.4. The largest absolute Gasteiger partial charge is 0.508 e. The average molecular weight is 440 g/mol. The van der Waals surface area contributed by atoms with Gasteiger partial charge in [0, 0.05) is 6.07 Å². The lowest BCUT2D eigenvalue weighted by atomic mass is 9.98. The van der Waals surface area contributed by atoms with Crippen LogP contribution in [0.5, 0.6) is 23.0 Å². The Kier molecular flexibility index (Phi) is 6.31. The maximum absolute atomic E-state index is 12.8. The summed E-state index contributed by atoms with van der Waals surface area (Å²) in [7, 11) is 1.63. The standard InChI is InChI=1S/C28H24O5/c1-18(21-7-8-23-16-26(32-2)12-9-22(23)15-21)28(31)33-27-14-20(13-25(30)17-27)4-3-19-5-10-24(29)11-6-19/h3-18,29-30H,1-2H3/b4-3+/t18-/m0/s1. The van der Waals surface area contributed by atoms with Gasteiger partial charge in [0.25, 0.3) is 0 Å². The molecule has 5 heteroatoms. The number of aromatic hydroxyl groups is 2. The number of fused-ring (bicyclic) bond motifs is 1. The van der Waals surface area contributed by atoms with Crippen molar-refractivity contribution in [2.24, 2.45) is 0 Å². The molecule has 166 valence electrons. The Hall–Kier alpha value is -4.25. The molecule has 0 saturated heterocycles. The fourth-order valence-corrected chi connectivity index (χ4v) is 3.52. The van der Waals surface area contributed by atoms with Gasteiger partial charge in [-0.05, 0) is 70.8 Å². The molecule has 0 unspecified atom stereocenters. The molecule has 0 aliphatic carbocycles. The van der Waals surface area contributed by atoms with E-state index < -0.39 is 11.9 Å². The molecule has 4 rings (SSSR count). The van der Waals surface area contributed by atoms with Gasteiger partial charge in [-0.3, -0.25) is 4.79 Å². The molecule has 2 N–H and O–H groups in total. The van der Waals surface area contributed by atoms with Crippen LogP contribution in [-0.4, -0.2) is 23.3 Å². The third-order valence-electron chi connectivity index (χ3n) is 5.42. The molecule has 0 aliphatic heterocycles. The number of phenolic OH excluding ortho intramolecular Hbond substituents is 2. The molecule has 33 heavy (non-hydrogen) atoms. The molecule has 0 radical (unpaired) electrons. The van der Waals surface area contributed by atoms with Crippen molar-refractivity contribution in [3.05, 3.63) is 95.6 Å². The van der Waals surface area contributed by atoms with Crippen LogP contribution in [0.2, 0.25) is 0 Å². The number of hydrogen-bond donors (Lipinski definition) is 2. The number of carbonyl (C=O) groups is 1. The second-order valence-corrected chi connectivity index (χ2v) is 7.80. The lowest BCUT2D eigenvalue weighted by molar-refractivity contribution is -0.135. The first-order valence-corrected chi connectivity index (χ1v) is 10.5. The SMILES string of the molecule is COc1ccc2cc([C@H](C)C(=O)Oc3cc(O)cc(/C=C/c4ccc(O)cc4)c3)ccc2c1. The number of carbonyl (C=O) groups excluding carboxylic acids is 1. The second kappa shape index (κ2) is 9.49. The zero-order valence-electron chi connectivity index (χ0n) is 18.4. The Labute approximate surface area is 192 Å². The Balaban J connectivity index is 1.50. The Morgan fingerprint density at radius 1 is 0.758 bits per heavy atom. The fraction of sp³-hybridized carbons (Fsp3) is 0.107. The molecule has 4 aromatic rings. The molecule has 0 aromatic heterocycles. The predicted molar refractivity (Wildman–Crippen MR) is 130 cm³/mol. The van der Waals surface area contributed by atoms with E-state index in [1.807, 2.05) is 42.5 Å². The van der Waals surface area contributed by atoms with Gasteiger partial charge in [0.2, 0.25) is 0 Å². The molecule has 0 heterocycles. The molecule has 0 saturated carbocycles. The third-order valence-corrected chi connectivity index (χ3v) is 5.42. The minimum Gasteiger partial charge on any atom is -0.508 e. The molecule has 1 atom stereocenters. The highest BCUT2D eigenvalue weighted by molar-refractivity contribution is 5.87. The smallest absolute Gasteiger partial charge is 0.318 e. The van der Waals surface area contributed by atoms with Gasteiger partial charge in [-0.1, -0.05) is 48.6 Å². The normalized spacial score (nSPS) is 12.1.